The summed E-state index contributed by atoms with van der Waals surface area (Å²) in [4.78, 5) is 13.6. The van der Waals surface area contributed by atoms with Gasteiger partial charge in [0.2, 0.25) is 5.91 Å². The number of amides is 1. The lowest BCUT2D eigenvalue weighted by Gasteiger charge is -2.23. The van der Waals surface area contributed by atoms with E-state index in [0.29, 0.717) is 23.8 Å². The molecule has 19 heavy (non-hydrogen) atoms. The second kappa shape index (κ2) is 5.86. The molecule has 2 unspecified atom stereocenters. The molecule has 0 spiro atoms. The van der Waals surface area contributed by atoms with Crippen molar-refractivity contribution in [2.75, 3.05) is 20.3 Å². The molecule has 1 heterocycles. The lowest BCUT2D eigenvalue weighted by molar-refractivity contribution is -0.135. The SMILES string of the molecule is CN(Cc1c(F)cccc1Cl)C(=O)C1COCC1N. The van der Waals surface area contributed by atoms with Gasteiger partial charge in [0.05, 0.1) is 19.1 Å². The summed E-state index contributed by atoms with van der Waals surface area (Å²) in [5.74, 6) is -0.931. The summed E-state index contributed by atoms with van der Waals surface area (Å²) in [5, 5.41) is 0.312. The molecule has 0 radical (unpaired) electrons. The van der Waals surface area contributed by atoms with Crippen molar-refractivity contribution >= 4 is 17.5 Å². The summed E-state index contributed by atoms with van der Waals surface area (Å²) in [5.41, 5.74) is 6.11. The third-order valence-corrected chi connectivity index (χ3v) is 3.63. The van der Waals surface area contributed by atoms with Crippen LogP contribution in [-0.4, -0.2) is 37.1 Å². The number of nitrogens with two attached hydrogens (primary N) is 1. The zero-order valence-electron chi connectivity index (χ0n) is 10.6. The Morgan fingerprint density at radius 1 is 1.58 bits per heavy atom. The van der Waals surface area contributed by atoms with Gasteiger partial charge in [0.1, 0.15) is 5.82 Å². The Hall–Kier alpha value is -1.17. The van der Waals surface area contributed by atoms with E-state index in [-0.39, 0.29) is 24.4 Å². The van der Waals surface area contributed by atoms with E-state index in [9.17, 15) is 9.18 Å². The number of carbonyl (C=O) groups is 1. The van der Waals surface area contributed by atoms with Crippen molar-refractivity contribution in [3.8, 4) is 0 Å². The average molecular weight is 287 g/mol. The molecule has 1 aromatic carbocycles. The second-order valence-corrected chi connectivity index (χ2v) is 5.11. The first-order valence-electron chi connectivity index (χ1n) is 6.02. The molecule has 1 aromatic rings. The zero-order chi connectivity index (χ0) is 14.0. The summed E-state index contributed by atoms with van der Waals surface area (Å²) in [6.07, 6.45) is 0. The molecule has 2 atom stereocenters. The quantitative estimate of drug-likeness (QED) is 0.914. The normalized spacial score (nSPS) is 22.5. The van der Waals surface area contributed by atoms with Crippen molar-refractivity contribution in [3.05, 3.63) is 34.6 Å². The van der Waals surface area contributed by atoms with E-state index < -0.39 is 5.82 Å². The number of nitrogens with zero attached hydrogens (tertiary/aromatic N) is 1. The minimum Gasteiger partial charge on any atom is -0.379 e. The molecule has 2 N–H and O–H groups in total. The van der Waals surface area contributed by atoms with E-state index in [2.05, 4.69) is 0 Å². The van der Waals surface area contributed by atoms with Crippen LogP contribution in [-0.2, 0) is 16.1 Å². The fraction of sp³-hybridized carbons (Fsp3) is 0.462. The highest BCUT2D eigenvalue weighted by Crippen LogP contribution is 2.22. The van der Waals surface area contributed by atoms with E-state index in [1.807, 2.05) is 0 Å². The van der Waals surface area contributed by atoms with Crippen LogP contribution in [0.25, 0.3) is 0 Å². The molecule has 4 nitrogen and oxygen atoms in total. The molecule has 6 heteroatoms. The smallest absolute Gasteiger partial charge is 0.229 e. The van der Waals surface area contributed by atoms with Crippen LogP contribution in [0.15, 0.2) is 18.2 Å². The monoisotopic (exact) mass is 286 g/mol. The fourth-order valence-electron chi connectivity index (χ4n) is 2.11. The largest absolute Gasteiger partial charge is 0.379 e. The maximum absolute atomic E-state index is 13.7. The van der Waals surface area contributed by atoms with E-state index >= 15 is 0 Å². The van der Waals surface area contributed by atoms with Gasteiger partial charge in [-0.15, -0.1) is 0 Å². The lowest BCUT2D eigenvalue weighted by Crippen LogP contribution is -2.41. The zero-order valence-corrected chi connectivity index (χ0v) is 11.4. The summed E-state index contributed by atoms with van der Waals surface area (Å²) in [6, 6.07) is 4.15. The summed E-state index contributed by atoms with van der Waals surface area (Å²) in [7, 11) is 1.61. The highest BCUT2D eigenvalue weighted by atomic mass is 35.5. The number of ether oxygens (including phenoxy) is 1. The fourth-order valence-corrected chi connectivity index (χ4v) is 2.33. The number of benzene rings is 1. The number of halogens is 2. The first kappa shape index (κ1) is 14.2. The van der Waals surface area contributed by atoms with E-state index in [4.69, 9.17) is 22.1 Å². The molecular formula is C13H16ClFN2O2. The number of rotatable bonds is 3. The minimum atomic E-state index is -0.417. The Kier molecular flexibility index (Phi) is 4.39. The Balaban J connectivity index is 2.08. The molecule has 1 aliphatic heterocycles. The molecule has 2 rings (SSSR count). The number of hydrogen-bond acceptors (Lipinski definition) is 3. The third kappa shape index (κ3) is 3.05. The topological polar surface area (TPSA) is 55.6 Å². The van der Waals surface area contributed by atoms with Gasteiger partial charge in [0.25, 0.3) is 0 Å². The molecule has 104 valence electrons. The van der Waals surface area contributed by atoms with Crippen LogP contribution in [0.1, 0.15) is 5.56 Å². The van der Waals surface area contributed by atoms with Crippen LogP contribution in [0.4, 0.5) is 4.39 Å². The third-order valence-electron chi connectivity index (χ3n) is 3.27. The first-order valence-corrected chi connectivity index (χ1v) is 6.39. The van der Waals surface area contributed by atoms with Gasteiger partial charge in [-0.25, -0.2) is 4.39 Å². The predicted octanol–water partition coefficient (Wildman–Crippen LogP) is 1.41. The lowest BCUT2D eigenvalue weighted by atomic mass is 10.0. The van der Waals surface area contributed by atoms with Gasteiger partial charge in [-0.3, -0.25) is 4.79 Å². The minimum absolute atomic E-state index is 0.119. The van der Waals surface area contributed by atoms with Gasteiger partial charge in [-0.1, -0.05) is 17.7 Å². The van der Waals surface area contributed by atoms with Crippen LogP contribution in [0, 0.1) is 11.7 Å². The van der Waals surface area contributed by atoms with Crippen molar-refractivity contribution in [3.63, 3.8) is 0 Å². The second-order valence-electron chi connectivity index (χ2n) is 4.70. The van der Waals surface area contributed by atoms with E-state index in [0.717, 1.165) is 0 Å². The average Bonchev–Trinajstić information content (AvgIpc) is 2.79. The van der Waals surface area contributed by atoms with Crippen molar-refractivity contribution < 1.29 is 13.9 Å². The van der Waals surface area contributed by atoms with E-state index in [1.54, 1.807) is 13.1 Å². The predicted molar refractivity (Wildman–Crippen MR) is 70.2 cm³/mol. The molecule has 0 saturated carbocycles. The van der Waals surface area contributed by atoms with Crippen LogP contribution in [0.2, 0.25) is 5.02 Å². The van der Waals surface area contributed by atoms with Gasteiger partial charge in [-0.05, 0) is 12.1 Å². The summed E-state index contributed by atoms with van der Waals surface area (Å²) in [6.45, 7) is 0.813. The van der Waals surface area contributed by atoms with Crippen molar-refractivity contribution in [2.45, 2.75) is 12.6 Å². The molecule has 0 aliphatic carbocycles. The van der Waals surface area contributed by atoms with Crippen molar-refractivity contribution in [1.82, 2.24) is 4.90 Å². The highest BCUT2D eigenvalue weighted by molar-refractivity contribution is 6.31. The van der Waals surface area contributed by atoms with Crippen LogP contribution in [0.5, 0.6) is 0 Å². The number of carbonyl (C=O) groups excluding carboxylic acids is 1. The Morgan fingerprint density at radius 2 is 2.32 bits per heavy atom. The Labute approximate surface area is 116 Å². The molecule has 1 aliphatic rings. The van der Waals surface area contributed by atoms with Gasteiger partial charge in [-0.2, -0.15) is 0 Å². The highest BCUT2D eigenvalue weighted by Gasteiger charge is 2.33. The summed E-state index contributed by atoms with van der Waals surface area (Å²) >= 11 is 5.94. The van der Waals surface area contributed by atoms with Crippen LogP contribution >= 0.6 is 11.6 Å². The molecular weight excluding hydrogens is 271 g/mol. The van der Waals surface area contributed by atoms with Gasteiger partial charge in [0, 0.05) is 30.2 Å². The van der Waals surface area contributed by atoms with Gasteiger partial charge in [0.15, 0.2) is 0 Å². The molecule has 1 fully saturated rings. The first-order chi connectivity index (χ1) is 9.00. The van der Waals surface area contributed by atoms with Gasteiger partial charge >= 0.3 is 0 Å². The molecule has 0 aromatic heterocycles. The Bertz CT molecular complexity index is 463. The van der Waals surface area contributed by atoms with Gasteiger partial charge < -0.3 is 15.4 Å². The molecule has 1 amide bonds. The maximum atomic E-state index is 13.7. The van der Waals surface area contributed by atoms with E-state index in [1.165, 1.54) is 17.0 Å². The maximum Gasteiger partial charge on any atom is 0.229 e. The summed E-state index contributed by atoms with van der Waals surface area (Å²) < 4.78 is 18.8. The number of hydrogen-bond donors (Lipinski definition) is 1. The van der Waals surface area contributed by atoms with Crippen LogP contribution < -0.4 is 5.73 Å². The molecule has 0 bridgehead atoms. The standard InChI is InChI=1S/C13H16ClFN2O2/c1-17(13(18)9-6-19-7-12(9)16)5-8-10(14)3-2-4-11(8)15/h2-4,9,12H,5-7,16H2,1H3. The van der Waals surface area contributed by atoms with Crippen molar-refractivity contribution in [2.24, 2.45) is 11.7 Å². The molecule has 1 saturated heterocycles. The Morgan fingerprint density at radius 3 is 2.89 bits per heavy atom. The van der Waals surface area contributed by atoms with Crippen molar-refractivity contribution in [1.29, 1.82) is 0 Å². The van der Waals surface area contributed by atoms with Crippen LogP contribution in [0.3, 0.4) is 0 Å².